The normalized spacial score (nSPS) is 12.0. The Labute approximate surface area is 180 Å². The standard InChI is InChI=1S/C20H27N5O4.ClH/c1-14-5-7-16(8-6-14)29-12-15(26)11-21-9-4-10-25-13-22-18-17(25)19(27)24(3)20(28)23(18)2;/h5-8,13,15,21,26H,4,9-12H2,1-3H3;1H. The second-order valence-electron chi connectivity index (χ2n) is 7.26. The van der Waals surface area contributed by atoms with Gasteiger partial charge in [0.1, 0.15) is 25.0 Å². The van der Waals surface area contributed by atoms with Crippen LogP contribution < -0.4 is 33.7 Å². The topological polar surface area (TPSA) is 108 Å². The summed E-state index contributed by atoms with van der Waals surface area (Å²) in [4.78, 5) is 28.6. The van der Waals surface area contributed by atoms with E-state index in [9.17, 15) is 14.7 Å². The lowest BCUT2D eigenvalue weighted by molar-refractivity contribution is -0.661. The maximum atomic E-state index is 12.4. The fourth-order valence-electron chi connectivity index (χ4n) is 3.18. The van der Waals surface area contributed by atoms with Crippen molar-refractivity contribution in [1.29, 1.82) is 0 Å². The van der Waals surface area contributed by atoms with E-state index in [1.807, 2.05) is 36.5 Å². The predicted octanol–water partition coefficient (Wildman–Crippen LogP) is -3.86. The van der Waals surface area contributed by atoms with Crippen LogP contribution in [0.15, 0.2) is 40.2 Å². The molecule has 3 rings (SSSR count). The van der Waals surface area contributed by atoms with Crippen LogP contribution in [0.3, 0.4) is 0 Å². The van der Waals surface area contributed by atoms with Gasteiger partial charge in [-0.1, -0.05) is 17.7 Å². The SMILES string of the molecule is Cc1ccc(OCC(O)C[NH2+]CCCn2cnc3c2c(=O)n(C)c(=O)n3C)cc1.[Cl-]. The fourth-order valence-corrected chi connectivity index (χ4v) is 3.18. The smallest absolute Gasteiger partial charge is 0.332 e. The molecule has 1 unspecified atom stereocenters. The number of imidazole rings is 1. The molecule has 10 heteroatoms. The van der Waals surface area contributed by atoms with Crippen molar-refractivity contribution in [3.63, 3.8) is 0 Å². The number of ether oxygens (including phenoxy) is 1. The van der Waals surface area contributed by atoms with Gasteiger partial charge in [0.2, 0.25) is 0 Å². The first-order valence-electron chi connectivity index (χ1n) is 9.68. The highest BCUT2D eigenvalue weighted by Gasteiger charge is 2.14. The lowest BCUT2D eigenvalue weighted by Gasteiger charge is -2.12. The molecule has 30 heavy (non-hydrogen) atoms. The molecule has 1 atom stereocenters. The molecule has 0 aliphatic carbocycles. The maximum absolute atomic E-state index is 12.4. The van der Waals surface area contributed by atoms with Crippen molar-refractivity contribution in [2.24, 2.45) is 14.1 Å². The zero-order chi connectivity index (χ0) is 21.0. The number of fused-ring (bicyclic) bond motifs is 1. The number of aliphatic hydroxyl groups is 1. The van der Waals surface area contributed by atoms with Crippen LogP contribution in [0, 0.1) is 6.92 Å². The summed E-state index contributed by atoms with van der Waals surface area (Å²) in [6, 6.07) is 7.72. The van der Waals surface area contributed by atoms with Gasteiger partial charge < -0.3 is 32.1 Å². The van der Waals surface area contributed by atoms with Gasteiger partial charge in [-0.05, 0) is 19.1 Å². The number of aromatic nitrogens is 4. The van der Waals surface area contributed by atoms with Crippen LogP contribution in [-0.4, -0.2) is 49.6 Å². The fraction of sp³-hybridized carbons (Fsp3) is 0.450. The number of quaternary nitrogens is 1. The van der Waals surface area contributed by atoms with Crippen LogP contribution in [0.25, 0.3) is 11.2 Å². The number of rotatable bonds is 9. The van der Waals surface area contributed by atoms with Crippen LogP contribution in [0.1, 0.15) is 12.0 Å². The lowest BCUT2D eigenvalue weighted by Crippen LogP contribution is -3.00. The van der Waals surface area contributed by atoms with E-state index >= 15 is 0 Å². The minimum Gasteiger partial charge on any atom is -1.00 e. The van der Waals surface area contributed by atoms with Crippen molar-refractivity contribution in [1.82, 2.24) is 18.7 Å². The molecule has 0 saturated heterocycles. The molecule has 9 nitrogen and oxygen atoms in total. The van der Waals surface area contributed by atoms with E-state index in [1.54, 1.807) is 17.9 Å². The van der Waals surface area contributed by atoms with E-state index < -0.39 is 6.10 Å². The van der Waals surface area contributed by atoms with Gasteiger partial charge in [0.25, 0.3) is 5.56 Å². The van der Waals surface area contributed by atoms with Gasteiger partial charge in [-0.3, -0.25) is 13.9 Å². The number of nitrogens with zero attached hydrogens (tertiary/aromatic N) is 4. The van der Waals surface area contributed by atoms with Gasteiger partial charge in [-0.15, -0.1) is 0 Å². The van der Waals surface area contributed by atoms with Crippen LogP contribution >= 0.6 is 0 Å². The second-order valence-corrected chi connectivity index (χ2v) is 7.26. The molecule has 1 aromatic carbocycles. The molecule has 3 aromatic rings. The van der Waals surface area contributed by atoms with Crippen LogP contribution in [-0.2, 0) is 20.6 Å². The third-order valence-electron chi connectivity index (χ3n) is 4.93. The predicted molar refractivity (Wildman–Crippen MR) is 109 cm³/mol. The molecule has 2 heterocycles. The number of benzene rings is 1. The quantitative estimate of drug-likeness (QED) is 0.333. The molecular weight excluding hydrogens is 410 g/mol. The molecule has 0 saturated carbocycles. The summed E-state index contributed by atoms with van der Waals surface area (Å²) in [6.45, 7) is 4.19. The zero-order valence-corrected chi connectivity index (χ0v) is 18.2. The van der Waals surface area contributed by atoms with Crippen LogP contribution in [0.5, 0.6) is 5.75 Å². The minimum absolute atomic E-state index is 0. The molecular formula is C20H28ClN5O4. The van der Waals surface area contributed by atoms with Crippen molar-refractivity contribution in [3.05, 3.63) is 57.0 Å². The Morgan fingerprint density at radius 1 is 1.17 bits per heavy atom. The van der Waals surface area contributed by atoms with Gasteiger partial charge in [0.15, 0.2) is 11.2 Å². The Morgan fingerprint density at radius 3 is 2.57 bits per heavy atom. The second kappa shape index (κ2) is 10.4. The number of halogens is 1. The molecule has 0 fully saturated rings. The summed E-state index contributed by atoms with van der Waals surface area (Å²) in [5.41, 5.74) is 1.26. The van der Waals surface area contributed by atoms with E-state index in [-0.39, 0.29) is 30.3 Å². The summed E-state index contributed by atoms with van der Waals surface area (Å²) in [7, 11) is 3.07. The highest BCUT2D eigenvalue weighted by atomic mass is 35.5. The van der Waals surface area contributed by atoms with E-state index in [0.717, 1.165) is 28.8 Å². The number of nitrogens with two attached hydrogens (primary N) is 1. The average molecular weight is 438 g/mol. The van der Waals surface area contributed by atoms with Crippen molar-refractivity contribution in [3.8, 4) is 5.75 Å². The Hall–Kier alpha value is -2.62. The molecule has 0 aliphatic rings. The van der Waals surface area contributed by atoms with E-state index in [4.69, 9.17) is 4.74 Å². The van der Waals surface area contributed by atoms with Crippen molar-refractivity contribution in [2.45, 2.75) is 26.0 Å². The molecule has 0 amide bonds. The Morgan fingerprint density at radius 2 is 1.87 bits per heavy atom. The van der Waals surface area contributed by atoms with Gasteiger partial charge in [0.05, 0.1) is 12.9 Å². The molecule has 0 radical (unpaired) electrons. The highest BCUT2D eigenvalue weighted by molar-refractivity contribution is 5.69. The van der Waals surface area contributed by atoms with Crippen molar-refractivity contribution in [2.75, 3.05) is 19.7 Å². The van der Waals surface area contributed by atoms with Gasteiger partial charge in [0, 0.05) is 27.1 Å². The van der Waals surface area contributed by atoms with Gasteiger partial charge in [-0.25, -0.2) is 9.78 Å². The number of hydrogen-bond donors (Lipinski definition) is 2. The summed E-state index contributed by atoms with van der Waals surface area (Å²) in [6.07, 6.45) is 1.82. The Balaban J connectivity index is 0.00000320. The maximum Gasteiger partial charge on any atom is 0.332 e. The van der Waals surface area contributed by atoms with Crippen LogP contribution in [0.2, 0.25) is 0 Å². The van der Waals surface area contributed by atoms with Crippen molar-refractivity contribution >= 4 is 11.2 Å². The highest BCUT2D eigenvalue weighted by Crippen LogP contribution is 2.11. The number of aliphatic hydroxyl groups excluding tert-OH is 1. The molecule has 0 aliphatic heterocycles. The van der Waals surface area contributed by atoms with Crippen molar-refractivity contribution < 1.29 is 27.6 Å². The van der Waals surface area contributed by atoms with Gasteiger partial charge >= 0.3 is 5.69 Å². The van der Waals surface area contributed by atoms with Gasteiger partial charge in [-0.2, -0.15) is 0 Å². The molecule has 3 N–H and O–H groups in total. The number of aryl methyl sites for hydroxylation is 3. The molecule has 0 bridgehead atoms. The Kier molecular flexibility index (Phi) is 8.22. The lowest BCUT2D eigenvalue weighted by atomic mass is 10.2. The summed E-state index contributed by atoms with van der Waals surface area (Å²) in [5.74, 6) is 0.748. The molecule has 0 spiro atoms. The first-order chi connectivity index (χ1) is 13.9. The summed E-state index contributed by atoms with van der Waals surface area (Å²) < 4.78 is 9.84. The van der Waals surface area contributed by atoms with Crippen LogP contribution in [0.4, 0.5) is 0 Å². The first kappa shape index (κ1) is 23.7. The summed E-state index contributed by atoms with van der Waals surface area (Å²) >= 11 is 0. The third kappa shape index (κ3) is 5.29. The van der Waals surface area contributed by atoms with E-state index in [0.29, 0.717) is 24.3 Å². The van der Waals surface area contributed by atoms with E-state index in [1.165, 1.54) is 11.6 Å². The summed E-state index contributed by atoms with van der Waals surface area (Å²) in [5, 5.41) is 12.1. The average Bonchev–Trinajstić information content (AvgIpc) is 3.14. The first-order valence-corrected chi connectivity index (χ1v) is 9.68. The zero-order valence-electron chi connectivity index (χ0n) is 17.4. The monoisotopic (exact) mass is 437 g/mol. The third-order valence-corrected chi connectivity index (χ3v) is 4.93. The largest absolute Gasteiger partial charge is 1.00 e. The number of hydrogen-bond acceptors (Lipinski definition) is 5. The molecule has 164 valence electrons. The van der Waals surface area contributed by atoms with E-state index in [2.05, 4.69) is 4.98 Å². The minimum atomic E-state index is -0.563. The Bertz CT molecular complexity index is 1090. The molecule has 2 aromatic heterocycles.